The Labute approximate surface area is 141 Å². The molecule has 0 heterocycles. The number of aliphatic hydroxyl groups excluding tert-OH is 2. The first kappa shape index (κ1) is 26.9. The third-order valence-electron chi connectivity index (χ3n) is 2.43. The van der Waals surface area contributed by atoms with Gasteiger partial charge in [-0.15, -0.1) is 0 Å². The molecule has 0 saturated carbocycles. The molecule has 4 nitrogen and oxygen atoms in total. The predicted octanol–water partition coefficient (Wildman–Crippen LogP) is 3.15. The molecule has 0 spiro atoms. The zero-order chi connectivity index (χ0) is 18.7. The number of ether oxygens (including phenoxy) is 1. The van der Waals surface area contributed by atoms with Gasteiger partial charge in [0.25, 0.3) is 0 Å². The lowest BCUT2D eigenvalue weighted by Gasteiger charge is -2.08. The van der Waals surface area contributed by atoms with E-state index in [-0.39, 0.29) is 6.61 Å². The molecular weight excluding hydrogens is 297 g/mol. The van der Waals surface area contributed by atoms with Crippen molar-refractivity contribution >= 4 is 0 Å². The van der Waals surface area contributed by atoms with E-state index in [4.69, 9.17) is 10.8 Å². The van der Waals surface area contributed by atoms with Gasteiger partial charge in [0.05, 0.1) is 12.7 Å². The Morgan fingerprint density at radius 1 is 1.22 bits per heavy atom. The quantitative estimate of drug-likeness (QED) is 0.596. The summed E-state index contributed by atoms with van der Waals surface area (Å²) in [6.45, 7) is 6.99. The summed E-state index contributed by atoms with van der Waals surface area (Å²) in [5, 5.41) is 18.2. The molecule has 0 aliphatic carbocycles. The number of alkyl halides is 1. The molecule has 0 fully saturated rings. The lowest BCUT2D eigenvalue weighted by molar-refractivity contribution is 0.0961. The predicted molar refractivity (Wildman–Crippen MR) is 97.2 cm³/mol. The molecule has 0 aromatic heterocycles. The van der Waals surface area contributed by atoms with Crippen LogP contribution in [0, 0.1) is 0 Å². The molecule has 5 heteroatoms. The smallest absolute Gasteiger partial charge is 0.105 e. The van der Waals surface area contributed by atoms with Crippen molar-refractivity contribution in [3.63, 3.8) is 0 Å². The molecule has 0 amide bonds. The van der Waals surface area contributed by atoms with Crippen molar-refractivity contribution in [2.75, 3.05) is 27.5 Å². The number of allylic oxidation sites excluding steroid dienone is 4. The molecule has 23 heavy (non-hydrogen) atoms. The molecule has 0 rings (SSSR count). The monoisotopic (exact) mass is 333 g/mol. The lowest BCUT2D eigenvalue weighted by atomic mass is 10.0. The van der Waals surface area contributed by atoms with Crippen molar-refractivity contribution in [3.8, 4) is 0 Å². The summed E-state index contributed by atoms with van der Waals surface area (Å²) < 4.78 is 16.5. The molecule has 0 aliphatic heterocycles. The first-order valence-electron chi connectivity index (χ1n) is 7.94. The van der Waals surface area contributed by atoms with Crippen LogP contribution in [0.2, 0.25) is 0 Å². The van der Waals surface area contributed by atoms with Gasteiger partial charge in [-0.3, -0.25) is 0 Å². The summed E-state index contributed by atoms with van der Waals surface area (Å²) in [7, 11) is 3.25. The van der Waals surface area contributed by atoms with Crippen LogP contribution in [0.1, 0.15) is 40.5 Å². The first-order valence-corrected chi connectivity index (χ1v) is 7.94. The van der Waals surface area contributed by atoms with Crippen molar-refractivity contribution < 1.29 is 19.3 Å². The number of methoxy groups -OCH3 is 1. The first-order chi connectivity index (χ1) is 10.9. The molecule has 0 bridgehead atoms. The van der Waals surface area contributed by atoms with Gasteiger partial charge in [0.2, 0.25) is 0 Å². The standard InChI is InChI=1S/C14H24FNO2.C2H6O.C2H6/c1-3-4-12(8-14(18)10-17)6-5-11(2)7-13(16)9-15;1-3-2;1-2/h3-6,13-14,17-18H,7-10,16H2,1-2H3;1-2H3;1-2H3/b4-3-,11-5+,12-6+;;/t13-,14?;;/m0../s1. The Kier molecular flexibility index (Phi) is 24.5. The van der Waals surface area contributed by atoms with Crippen LogP contribution in [-0.4, -0.2) is 49.9 Å². The van der Waals surface area contributed by atoms with Crippen molar-refractivity contribution in [1.82, 2.24) is 0 Å². The Balaban J connectivity index is -0.000000710. The minimum atomic E-state index is -0.755. The van der Waals surface area contributed by atoms with Gasteiger partial charge in [-0.2, -0.15) is 0 Å². The largest absolute Gasteiger partial charge is 0.394 e. The summed E-state index contributed by atoms with van der Waals surface area (Å²) in [5.74, 6) is 0. The molecule has 0 radical (unpaired) electrons. The van der Waals surface area contributed by atoms with E-state index in [9.17, 15) is 9.50 Å². The molecule has 0 aromatic rings. The van der Waals surface area contributed by atoms with Gasteiger partial charge in [-0.05, 0) is 25.8 Å². The van der Waals surface area contributed by atoms with Gasteiger partial charge in [0.1, 0.15) is 6.67 Å². The van der Waals surface area contributed by atoms with E-state index in [1.54, 1.807) is 14.2 Å². The van der Waals surface area contributed by atoms with Crippen LogP contribution in [0.15, 0.2) is 35.5 Å². The molecular formula is C18H36FNO3. The minimum Gasteiger partial charge on any atom is -0.394 e. The highest BCUT2D eigenvalue weighted by Crippen LogP contribution is 2.10. The second-order valence-electron chi connectivity index (χ2n) is 4.82. The Bertz CT molecular complexity index is 328. The summed E-state index contributed by atoms with van der Waals surface area (Å²) in [6, 6.07) is -0.456. The molecule has 138 valence electrons. The molecule has 1 unspecified atom stereocenters. The number of rotatable bonds is 8. The van der Waals surface area contributed by atoms with Crippen LogP contribution in [0.3, 0.4) is 0 Å². The maximum Gasteiger partial charge on any atom is 0.105 e. The zero-order valence-corrected chi connectivity index (χ0v) is 15.6. The van der Waals surface area contributed by atoms with Gasteiger partial charge in [-0.25, -0.2) is 4.39 Å². The topological polar surface area (TPSA) is 75.7 Å². The van der Waals surface area contributed by atoms with Crippen molar-refractivity contribution in [2.45, 2.75) is 52.7 Å². The summed E-state index contributed by atoms with van der Waals surface area (Å²) in [5.41, 5.74) is 7.41. The average molecular weight is 333 g/mol. The second kappa shape index (κ2) is 21.0. The summed E-state index contributed by atoms with van der Waals surface area (Å²) in [4.78, 5) is 0. The van der Waals surface area contributed by atoms with E-state index in [1.807, 2.05) is 52.0 Å². The van der Waals surface area contributed by atoms with Crippen molar-refractivity contribution in [1.29, 1.82) is 0 Å². The Hall–Kier alpha value is -1.01. The summed E-state index contributed by atoms with van der Waals surface area (Å²) in [6.07, 6.45) is 7.62. The van der Waals surface area contributed by atoms with Crippen LogP contribution in [0.4, 0.5) is 4.39 Å². The number of hydrogen-bond acceptors (Lipinski definition) is 4. The van der Waals surface area contributed by atoms with Crippen LogP contribution >= 0.6 is 0 Å². The van der Waals surface area contributed by atoms with Gasteiger partial charge >= 0.3 is 0 Å². The molecule has 2 atom stereocenters. The van der Waals surface area contributed by atoms with E-state index in [1.165, 1.54) is 0 Å². The van der Waals surface area contributed by atoms with Crippen molar-refractivity contribution in [2.24, 2.45) is 5.73 Å². The highest BCUT2D eigenvalue weighted by Gasteiger charge is 2.04. The van der Waals surface area contributed by atoms with E-state index >= 15 is 0 Å². The lowest BCUT2D eigenvalue weighted by Crippen LogP contribution is -2.22. The highest BCUT2D eigenvalue weighted by molar-refractivity contribution is 5.26. The zero-order valence-electron chi connectivity index (χ0n) is 15.6. The second-order valence-corrected chi connectivity index (χ2v) is 4.82. The Morgan fingerprint density at radius 2 is 1.74 bits per heavy atom. The fourth-order valence-electron chi connectivity index (χ4n) is 1.53. The van der Waals surface area contributed by atoms with Crippen LogP contribution < -0.4 is 5.73 Å². The fraction of sp³-hybridized carbons (Fsp3) is 0.667. The van der Waals surface area contributed by atoms with E-state index in [2.05, 4.69) is 4.74 Å². The maximum atomic E-state index is 12.2. The van der Waals surface area contributed by atoms with Crippen LogP contribution in [0.25, 0.3) is 0 Å². The number of hydrogen-bond donors (Lipinski definition) is 3. The maximum absolute atomic E-state index is 12.2. The number of aliphatic hydroxyl groups is 2. The fourth-order valence-corrected chi connectivity index (χ4v) is 1.53. The molecule has 4 N–H and O–H groups in total. The van der Waals surface area contributed by atoms with Crippen LogP contribution in [0.5, 0.6) is 0 Å². The highest BCUT2D eigenvalue weighted by atomic mass is 19.1. The van der Waals surface area contributed by atoms with Crippen molar-refractivity contribution in [3.05, 3.63) is 35.5 Å². The SMILES string of the molecule is CC.COC.C\C=C/C(=C\C=C(/C)C[C@H](N)CF)CC(O)CO. The molecule has 0 saturated heterocycles. The van der Waals surface area contributed by atoms with E-state index in [0.29, 0.717) is 12.8 Å². The third kappa shape index (κ3) is 21.0. The van der Waals surface area contributed by atoms with Crippen LogP contribution in [-0.2, 0) is 4.74 Å². The molecule has 0 aliphatic rings. The minimum absolute atomic E-state index is 0.260. The van der Waals surface area contributed by atoms with Gasteiger partial charge < -0.3 is 20.7 Å². The number of halogens is 1. The van der Waals surface area contributed by atoms with E-state index in [0.717, 1.165) is 11.1 Å². The van der Waals surface area contributed by atoms with Gasteiger partial charge in [0, 0.05) is 26.7 Å². The van der Waals surface area contributed by atoms with Gasteiger partial charge in [-0.1, -0.05) is 43.7 Å². The van der Waals surface area contributed by atoms with Gasteiger partial charge in [0.15, 0.2) is 0 Å². The molecule has 0 aromatic carbocycles. The third-order valence-corrected chi connectivity index (χ3v) is 2.43. The average Bonchev–Trinajstić information content (AvgIpc) is 2.55. The summed E-state index contributed by atoms with van der Waals surface area (Å²) >= 11 is 0. The number of nitrogens with two attached hydrogens (primary N) is 1. The Morgan fingerprint density at radius 3 is 2.13 bits per heavy atom. The normalized spacial score (nSPS) is 14.5. The van der Waals surface area contributed by atoms with E-state index < -0.39 is 18.8 Å².